The van der Waals surface area contributed by atoms with Crippen LogP contribution in [-0.2, 0) is 11.3 Å². The summed E-state index contributed by atoms with van der Waals surface area (Å²) in [5, 5.41) is 15.7. The van der Waals surface area contributed by atoms with Crippen LogP contribution in [-0.4, -0.2) is 46.0 Å². The van der Waals surface area contributed by atoms with Crippen LogP contribution in [0.1, 0.15) is 33.1 Å². The van der Waals surface area contributed by atoms with E-state index in [9.17, 15) is 9.59 Å². The number of benzene rings is 1. The second-order valence-electron chi connectivity index (χ2n) is 7.74. The fourth-order valence-corrected chi connectivity index (χ4v) is 3.75. The van der Waals surface area contributed by atoms with E-state index < -0.39 is 12.9 Å². The van der Waals surface area contributed by atoms with Crippen molar-refractivity contribution in [1.82, 2.24) is 25.5 Å². The minimum Gasteiger partial charge on any atom is -0.366 e. The fraction of sp³-hybridized carbons (Fsp3) is 0.273. The second kappa shape index (κ2) is 7.88. The van der Waals surface area contributed by atoms with Crippen molar-refractivity contribution in [3.8, 4) is 11.3 Å². The van der Waals surface area contributed by atoms with E-state index in [-0.39, 0.29) is 29.0 Å². The van der Waals surface area contributed by atoms with E-state index in [1.807, 2.05) is 35.5 Å². The standard InChI is InChI=1S/C22H22N8O2/c1-23-22(32)19-15(10-17(28-29-19)27-21(31)12-6-7-12)26-14-5-3-4-13-18-16(24-8-9-25-18)11-30(2)20(13)14/h3-5,8-10,12H,6-7,11H2,1-2H3,(H,23,32)(H2,26,27,28,31)/i1D3. The van der Waals surface area contributed by atoms with E-state index >= 15 is 0 Å². The summed E-state index contributed by atoms with van der Waals surface area (Å²) in [7, 11) is 1.91. The molecule has 2 aliphatic rings. The van der Waals surface area contributed by atoms with Gasteiger partial charge in [-0.3, -0.25) is 19.6 Å². The topological polar surface area (TPSA) is 125 Å². The molecule has 1 fully saturated rings. The maximum Gasteiger partial charge on any atom is 0.273 e. The summed E-state index contributed by atoms with van der Waals surface area (Å²) >= 11 is 0. The van der Waals surface area contributed by atoms with Crippen LogP contribution in [0.4, 0.5) is 22.9 Å². The molecule has 0 spiro atoms. The Kier molecular flexibility index (Phi) is 4.08. The molecule has 10 nitrogen and oxygen atoms in total. The van der Waals surface area contributed by atoms with Crippen LogP contribution in [0.3, 0.4) is 0 Å². The minimum atomic E-state index is -2.70. The molecule has 10 heteroatoms. The van der Waals surface area contributed by atoms with Gasteiger partial charge >= 0.3 is 0 Å². The molecule has 5 rings (SSSR count). The van der Waals surface area contributed by atoms with Crippen LogP contribution >= 0.6 is 0 Å². The lowest BCUT2D eigenvalue weighted by Crippen LogP contribution is -2.25. The average Bonchev–Trinajstić information content (AvgIpc) is 3.64. The Hall–Kier alpha value is -4.08. The molecule has 0 radical (unpaired) electrons. The van der Waals surface area contributed by atoms with E-state index in [1.54, 1.807) is 12.4 Å². The number of para-hydroxylation sites is 1. The summed E-state index contributed by atoms with van der Waals surface area (Å²) in [4.78, 5) is 35.8. The quantitative estimate of drug-likeness (QED) is 0.560. The highest BCUT2D eigenvalue weighted by Gasteiger charge is 2.30. The summed E-state index contributed by atoms with van der Waals surface area (Å²) in [6, 6.07) is 7.06. The van der Waals surface area contributed by atoms with Gasteiger partial charge in [0.05, 0.1) is 35.0 Å². The molecule has 1 aliphatic carbocycles. The second-order valence-corrected chi connectivity index (χ2v) is 7.74. The van der Waals surface area contributed by atoms with Gasteiger partial charge in [0.15, 0.2) is 11.5 Å². The molecular formula is C22H22N8O2. The number of amides is 2. The summed E-state index contributed by atoms with van der Waals surface area (Å²) in [5.41, 5.74) is 3.88. The predicted octanol–water partition coefficient (Wildman–Crippen LogP) is 2.34. The molecule has 1 aliphatic heterocycles. The Morgan fingerprint density at radius 2 is 2.00 bits per heavy atom. The number of carbonyl (C=O) groups is 2. The molecule has 0 bridgehead atoms. The smallest absolute Gasteiger partial charge is 0.273 e. The molecule has 3 N–H and O–H groups in total. The molecule has 2 aromatic heterocycles. The molecule has 162 valence electrons. The van der Waals surface area contributed by atoms with Gasteiger partial charge in [-0.1, -0.05) is 12.1 Å². The van der Waals surface area contributed by atoms with E-state index in [1.165, 1.54) is 6.07 Å². The summed E-state index contributed by atoms with van der Waals surface area (Å²) in [6.45, 7) is -2.18. The average molecular weight is 433 g/mol. The van der Waals surface area contributed by atoms with Crippen molar-refractivity contribution in [1.29, 1.82) is 0 Å². The highest BCUT2D eigenvalue weighted by molar-refractivity contribution is 6.01. The minimum absolute atomic E-state index is 0.0530. The zero-order chi connectivity index (χ0) is 24.7. The lowest BCUT2D eigenvalue weighted by Gasteiger charge is -2.30. The Morgan fingerprint density at radius 1 is 1.16 bits per heavy atom. The number of anilines is 4. The monoisotopic (exact) mass is 433 g/mol. The van der Waals surface area contributed by atoms with E-state index in [0.29, 0.717) is 12.2 Å². The highest BCUT2D eigenvalue weighted by Crippen LogP contribution is 2.42. The third-order valence-corrected chi connectivity index (χ3v) is 5.43. The number of rotatable bonds is 5. The van der Waals surface area contributed by atoms with Crippen molar-refractivity contribution < 1.29 is 13.7 Å². The molecule has 2 amide bonds. The number of aromatic nitrogens is 4. The van der Waals surface area contributed by atoms with Gasteiger partial charge < -0.3 is 20.9 Å². The van der Waals surface area contributed by atoms with Crippen molar-refractivity contribution in [2.45, 2.75) is 19.4 Å². The van der Waals surface area contributed by atoms with Gasteiger partial charge in [-0.25, -0.2) is 0 Å². The SMILES string of the molecule is [2H]C([2H])([2H])NC(=O)c1nnc(NC(=O)C2CC2)cc1Nc1cccc2c1N(C)Cc1nccnc1-2. The first kappa shape index (κ1) is 16.6. The van der Waals surface area contributed by atoms with Crippen LogP contribution in [0, 0.1) is 5.92 Å². The Morgan fingerprint density at radius 3 is 2.81 bits per heavy atom. The van der Waals surface area contributed by atoms with Crippen LogP contribution in [0.2, 0.25) is 0 Å². The molecule has 0 unspecified atom stereocenters. The maximum absolute atomic E-state index is 12.7. The number of hydrogen-bond acceptors (Lipinski definition) is 8. The molecule has 32 heavy (non-hydrogen) atoms. The molecular weight excluding hydrogens is 408 g/mol. The van der Waals surface area contributed by atoms with Crippen molar-refractivity contribution >= 4 is 34.7 Å². The summed E-state index contributed by atoms with van der Waals surface area (Å²) in [5.74, 6) is -0.988. The zero-order valence-electron chi connectivity index (χ0n) is 20.2. The Balaban J connectivity index is 1.55. The van der Waals surface area contributed by atoms with Gasteiger partial charge in [0.25, 0.3) is 5.91 Å². The van der Waals surface area contributed by atoms with Crippen LogP contribution < -0.4 is 20.9 Å². The van der Waals surface area contributed by atoms with Gasteiger partial charge in [0.2, 0.25) is 5.91 Å². The maximum atomic E-state index is 12.7. The third-order valence-electron chi connectivity index (χ3n) is 5.43. The number of fused-ring (bicyclic) bond motifs is 3. The number of hydrogen-bond donors (Lipinski definition) is 3. The van der Waals surface area contributed by atoms with Gasteiger partial charge in [0.1, 0.15) is 0 Å². The largest absolute Gasteiger partial charge is 0.366 e. The molecule has 1 saturated carbocycles. The normalized spacial score (nSPS) is 16.0. The number of nitrogens with zero attached hydrogens (tertiary/aromatic N) is 5. The van der Waals surface area contributed by atoms with Gasteiger partial charge in [-0.15, -0.1) is 10.2 Å². The van der Waals surface area contributed by atoms with Crippen molar-refractivity contribution in [2.75, 3.05) is 29.6 Å². The molecule has 0 saturated heterocycles. The molecule has 1 aromatic carbocycles. The van der Waals surface area contributed by atoms with Gasteiger partial charge in [-0.2, -0.15) is 0 Å². The lowest BCUT2D eigenvalue weighted by atomic mass is 10.0. The van der Waals surface area contributed by atoms with Crippen LogP contribution in [0.5, 0.6) is 0 Å². The lowest BCUT2D eigenvalue weighted by molar-refractivity contribution is -0.117. The molecule has 3 heterocycles. The fourth-order valence-electron chi connectivity index (χ4n) is 3.75. The van der Waals surface area contributed by atoms with Crippen molar-refractivity contribution in [3.05, 3.63) is 48.0 Å². The Labute approximate surface area is 188 Å². The summed E-state index contributed by atoms with van der Waals surface area (Å²) < 4.78 is 22.1. The van der Waals surface area contributed by atoms with Gasteiger partial charge in [-0.05, 0) is 18.9 Å². The highest BCUT2D eigenvalue weighted by atomic mass is 16.2. The van der Waals surface area contributed by atoms with E-state index in [4.69, 9.17) is 4.11 Å². The number of carbonyl (C=O) groups excluding carboxylic acids is 2. The Bertz CT molecular complexity index is 1330. The molecule has 0 atom stereocenters. The zero-order valence-corrected chi connectivity index (χ0v) is 17.2. The van der Waals surface area contributed by atoms with E-state index in [2.05, 4.69) is 30.8 Å². The van der Waals surface area contributed by atoms with E-state index in [0.717, 1.165) is 35.5 Å². The van der Waals surface area contributed by atoms with Crippen molar-refractivity contribution in [3.63, 3.8) is 0 Å². The van der Waals surface area contributed by atoms with Crippen LogP contribution in [0.15, 0.2) is 36.7 Å². The first-order valence-electron chi connectivity index (χ1n) is 11.6. The third kappa shape index (κ3) is 3.59. The first-order chi connectivity index (χ1) is 16.7. The predicted molar refractivity (Wildman–Crippen MR) is 120 cm³/mol. The van der Waals surface area contributed by atoms with Crippen LogP contribution in [0.25, 0.3) is 11.3 Å². The van der Waals surface area contributed by atoms with Crippen molar-refractivity contribution in [2.24, 2.45) is 5.92 Å². The number of nitrogens with one attached hydrogen (secondary N) is 3. The molecule has 3 aromatic rings. The first-order valence-corrected chi connectivity index (χ1v) is 10.1. The summed E-state index contributed by atoms with van der Waals surface area (Å²) in [6.07, 6.45) is 4.91. The van der Waals surface area contributed by atoms with Gasteiger partial charge in [0, 0.05) is 48.1 Å².